The standard InChI is InChI=1S/C13H11BrF3NS/c1-8(11-5-6-12(14)19-11)18-10-4-2-3-9(7-10)13(15,16)17/h2-8,18H,1H3. The summed E-state index contributed by atoms with van der Waals surface area (Å²) < 4.78 is 38.8. The summed E-state index contributed by atoms with van der Waals surface area (Å²) in [6.45, 7) is 1.92. The second kappa shape index (κ2) is 5.54. The number of anilines is 1. The lowest BCUT2D eigenvalue weighted by molar-refractivity contribution is -0.137. The largest absolute Gasteiger partial charge is 0.416 e. The fraction of sp³-hybridized carbons (Fsp3) is 0.231. The van der Waals surface area contributed by atoms with E-state index in [0.717, 1.165) is 20.8 Å². The molecule has 0 aliphatic heterocycles. The molecule has 1 aromatic heterocycles. The maximum absolute atomic E-state index is 12.6. The number of nitrogens with one attached hydrogen (secondary N) is 1. The normalized spacial score (nSPS) is 13.3. The Kier molecular flexibility index (Phi) is 4.20. The van der Waals surface area contributed by atoms with Crippen LogP contribution in [0.2, 0.25) is 0 Å². The summed E-state index contributed by atoms with van der Waals surface area (Å²) in [6, 6.07) is 9.05. The molecule has 0 saturated heterocycles. The average molecular weight is 350 g/mol. The topological polar surface area (TPSA) is 12.0 Å². The van der Waals surface area contributed by atoms with E-state index in [1.807, 2.05) is 19.1 Å². The highest BCUT2D eigenvalue weighted by Gasteiger charge is 2.30. The van der Waals surface area contributed by atoms with Crippen LogP contribution in [0.3, 0.4) is 0 Å². The zero-order valence-corrected chi connectivity index (χ0v) is 12.4. The van der Waals surface area contributed by atoms with Gasteiger partial charge in [0, 0.05) is 10.6 Å². The van der Waals surface area contributed by atoms with E-state index in [2.05, 4.69) is 21.2 Å². The highest BCUT2D eigenvalue weighted by atomic mass is 79.9. The predicted octanol–water partition coefficient (Wildman–Crippen LogP) is 5.70. The SMILES string of the molecule is CC(Nc1cccc(C(F)(F)F)c1)c1ccc(Br)s1. The first-order valence-electron chi connectivity index (χ1n) is 5.55. The lowest BCUT2D eigenvalue weighted by Gasteiger charge is -2.15. The first kappa shape index (κ1) is 14.4. The Hall–Kier alpha value is -1.01. The highest BCUT2D eigenvalue weighted by Crippen LogP contribution is 2.33. The molecular weight excluding hydrogens is 339 g/mol. The number of alkyl halides is 3. The molecule has 19 heavy (non-hydrogen) atoms. The van der Waals surface area contributed by atoms with Crippen LogP contribution in [0.5, 0.6) is 0 Å². The molecule has 2 rings (SSSR count). The quantitative estimate of drug-likeness (QED) is 0.748. The van der Waals surface area contributed by atoms with Crippen LogP contribution in [0.1, 0.15) is 23.4 Å². The Morgan fingerprint density at radius 2 is 1.95 bits per heavy atom. The molecule has 1 heterocycles. The minimum absolute atomic E-state index is 0.0419. The summed E-state index contributed by atoms with van der Waals surface area (Å²) in [5.41, 5.74) is -0.177. The Balaban J connectivity index is 2.15. The van der Waals surface area contributed by atoms with Crippen LogP contribution < -0.4 is 5.32 Å². The molecule has 0 spiro atoms. The Bertz CT molecular complexity index is 565. The van der Waals surface area contributed by atoms with Gasteiger partial charge >= 0.3 is 6.18 Å². The molecule has 0 amide bonds. The van der Waals surface area contributed by atoms with Crippen molar-refractivity contribution in [1.82, 2.24) is 0 Å². The smallest absolute Gasteiger partial charge is 0.378 e. The molecule has 1 nitrogen and oxygen atoms in total. The zero-order valence-electron chi connectivity index (χ0n) is 9.96. The maximum atomic E-state index is 12.6. The number of hydrogen-bond acceptors (Lipinski definition) is 2. The van der Waals surface area contributed by atoms with Gasteiger partial charge in [-0.1, -0.05) is 6.07 Å². The lowest BCUT2D eigenvalue weighted by atomic mass is 10.1. The maximum Gasteiger partial charge on any atom is 0.416 e. The van der Waals surface area contributed by atoms with Crippen molar-refractivity contribution in [3.8, 4) is 0 Å². The van der Waals surface area contributed by atoms with Gasteiger partial charge in [-0.05, 0) is 53.2 Å². The first-order valence-corrected chi connectivity index (χ1v) is 7.16. The number of halogens is 4. The van der Waals surface area contributed by atoms with E-state index in [0.29, 0.717) is 5.69 Å². The Labute approximate surface area is 121 Å². The predicted molar refractivity (Wildman–Crippen MR) is 75.5 cm³/mol. The molecule has 1 aromatic carbocycles. The van der Waals surface area contributed by atoms with E-state index >= 15 is 0 Å². The van der Waals surface area contributed by atoms with Gasteiger partial charge in [0.25, 0.3) is 0 Å². The minimum Gasteiger partial charge on any atom is -0.378 e. The lowest BCUT2D eigenvalue weighted by Crippen LogP contribution is -2.08. The van der Waals surface area contributed by atoms with E-state index in [1.165, 1.54) is 6.07 Å². The fourth-order valence-corrected chi connectivity index (χ4v) is 3.09. The van der Waals surface area contributed by atoms with E-state index in [4.69, 9.17) is 0 Å². The van der Waals surface area contributed by atoms with Gasteiger partial charge < -0.3 is 5.32 Å². The van der Waals surface area contributed by atoms with Crippen molar-refractivity contribution in [2.24, 2.45) is 0 Å². The van der Waals surface area contributed by atoms with Crippen LogP contribution in [0.25, 0.3) is 0 Å². The van der Waals surface area contributed by atoms with Crippen molar-refractivity contribution >= 4 is 33.0 Å². The average Bonchev–Trinajstić information content (AvgIpc) is 2.75. The number of benzene rings is 1. The molecule has 0 fully saturated rings. The summed E-state index contributed by atoms with van der Waals surface area (Å²) in [4.78, 5) is 1.06. The van der Waals surface area contributed by atoms with E-state index in [1.54, 1.807) is 17.4 Å². The second-order valence-electron chi connectivity index (χ2n) is 4.09. The van der Waals surface area contributed by atoms with E-state index in [-0.39, 0.29) is 6.04 Å². The number of rotatable bonds is 3. The highest BCUT2D eigenvalue weighted by molar-refractivity contribution is 9.11. The number of thiophene rings is 1. The van der Waals surface area contributed by atoms with E-state index < -0.39 is 11.7 Å². The summed E-state index contributed by atoms with van der Waals surface area (Å²) in [5.74, 6) is 0. The zero-order chi connectivity index (χ0) is 14.0. The molecule has 6 heteroatoms. The fourth-order valence-electron chi connectivity index (χ4n) is 1.67. The second-order valence-corrected chi connectivity index (χ2v) is 6.58. The van der Waals surface area contributed by atoms with Crippen molar-refractivity contribution in [3.05, 3.63) is 50.6 Å². The summed E-state index contributed by atoms with van der Waals surface area (Å²) in [6.07, 6.45) is -4.31. The van der Waals surface area contributed by atoms with Crippen LogP contribution >= 0.6 is 27.3 Å². The Morgan fingerprint density at radius 3 is 2.53 bits per heavy atom. The molecule has 0 aliphatic rings. The van der Waals surface area contributed by atoms with Crippen molar-refractivity contribution in [2.45, 2.75) is 19.1 Å². The molecule has 102 valence electrons. The van der Waals surface area contributed by atoms with Gasteiger partial charge in [0.2, 0.25) is 0 Å². The molecule has 1 atom stereocenters. The van der Waals surface area contributed by atoms with Gasteiger partial charge in [-0.15, -0.1) is 11.3 Å². The van der Waals surface area contributed by atoms with Crippen LogP contribution in [-0.4, -0.2) is 0 Å². The van der Waals surface area contributed by atoms with Gasteiger partial charge in [-0.3, -0.25) is 0 Å². The summed E-state index contributed by atoms with van der Waals surface area (Å²) in [7, 11) is 0. The van der Waals surface area contributed by atoms with E-state index in [9.17, 15) is 13.2 Å². The van der Waals surface area contributed by atoms with Crippen molar-refractivity contribution in [1.29, 1.82) is 0 Å². The summed E-state index contributed by atoms with van der Waals surface area (Å²) in [5, 5.41) is 3.07. The van der Waals surface area contributed by atoms with Gasteiger partial charge in [-0.25, -0.2) is 0 Å². The molecule has 0 bridgehead atoms. The van der Waals surface area contributed by atoms with Gasteiger partial charge in [-0.2, -0.15) is 13.2 Å². The number of hydrogen-bond donors (Lipinski definition) is 1. The molecule has 1 unspecified atom stereocenters. The van der Waals surface area contributed by atoms with Gasteiger partial charge in [0.1, 0.15) is 0 Å². The van der Waals surface area contributed by atoms with Crippen LogP contribution in [0.4, 0.5) is 18.9 Å². The van der Waals surface area contributed by atoms with Crippen LogP contribution in [0.15, 0.2) is 40.2 Å². The van der Waals surface area contributed by atoms with Crippen molar-refractivity contribution < 1.29 is 13.2 Å². The molecule has 0 aliphatic carbocycles. The van der Waals surface area contributed by atoms with Crippen LogP contribution in [0, 0.1) is 0 Å². The molecule has 1 N–H and O–H groups in total. The monoisotopic (exact) mass is 349 g/mol. The molecule has 2 aromatic rings. The molecule has 0 radical (unpaired) electrons. The first-order chi connectivity index (χ1) is 8.86. The van der Waals surface area contributed by atoms with Gasteiger partial charge in [0.05, 0.1) is 15.4 Å². The summed E-state index contributed by atoms with van der Waals surface area (Å²) >= 11 is 4.92. The van der Waals surface area contributed by atoms with Crippen molar-refractivity contribution in [2.75, 3.05) is 5.32 Å². The third-order valence-corrected chi connectivity index (χ3v) is 4.40. The third kappa shape index (κ3) is 3.73. The molecule has 0 saturated carbocycles. The van der Waals surface area contributed by atoms with Crippen LogP contribution in [-0.2, 0) is 6.18 Å². The Morgan fingerprint density at radius 1 is 1.21 bits per heavy atom. The minimum atomic E-state index is -4.31. The van der Waals surface area contributed by atoms with Gasteiger partial charge in [0.15, 0.2) is 0 Å². The third-order valence-electron chi connectivity index (χ3n) is 2.59. The molecular formula is C13H11BrF3NS. The van der Waals surface area contributed by atoms with Crippen molar-refractivity contribution in [3.63, 3.8) is 0 Å².